The third kappa shape index (κ3) is 3.78. The molecule has 1 heterocycles. The van der Waals surface area contributed by atoms with Crippen LogP contribution < -0.4 is 4.90 Å². The Morgan fingerprint density at radius 2 is 1.06 bits per heavy atom. The van der Waals surface area contributed by atoms with Crippen molar-refractivity contribution >= 4 is 60.2 Å². The van der Waals surface area contributed by atoms with Crippen molar-refractivity contribution in [1.82, 2.24) is 0 Å². The van der Waals surface area contributed by atoms with E-state index in [-0.39, 0.29) is 0 Å². The van der Waals surface area contributed by atoms with Gasteiger partial charge in [0.05, 0.1) is 0 Å². The molecule has 0 saturated carbocycles. The molecular weight excluding hydrogens is 442 g/mol. The van der Waals surface area contributed by atoms with Crippen LogP contribution >= 0.6 is 22.9 Å². The van der Waals surface area contributed by atoms with Gasteiger partial charge in [0, 0.05) is 42.3 Å². The summed E-state index contributed by atoms with van der Waals surface area (Å²) in [6.45, 7) is 0. The van der Waals surface area contributed by atoms with E-state index in [1.807, 2.05) is 29.5 Å². The number of anilines is 3. The molecule has 0 unspecified atom stereocenters. The van der Waals surface area contributed by atoms with Crippen LogP contribution in [-0.2, 0) is 0 Å². The second kappa shape index (κ2) is 8.40. The predicted octanol–water partition coefficient (Wildman–Crippen LogP) is 9.84. The average molecular weight is 462 g/mol. The molecule has 0 aliphatic rings. The summed E-state index contributed by atoms with van der Waals surface area (Å²) in [5, 5.41) is 3.35. The van der Waals surface area contributed by atoms with Crippen LogP contribution in [0.3, 0.4) is 0 Å². The van der Waals surface area contributed by atoms with Crippen LogP contribution in [-0.4, -0.2) is 0 Å². The van der Waals surface area contributed by atoms with Crippen LogP contribution in [0.4, 0.5) is 17.1 Å². The lowest BCUT2D eigenvalue weighted by atomic mass is 10.0. The third-order valence-electron chi connectivity index (χ3n) is 5.94. The van der Waals surface area contributed by atoms with Gasteiger partial charge >= 0.3 is 0 Å². The average Bonchev–Trinajstić information content (AvgIpc) is 3.24. The molecule has 0 saturated heterocycles. The number of hydrogen-bond acceptors (Lipinski definition) is 2. The maximum absolute atomic E-state index is 6.20. The summed E-state index contributed by atoms with van der Waals surface area (Å²) in [6.07, 6.45) is 0. The topological polar surface area (TPSA) is 3.24 Å². The van der Waals surface area contributed by atoms with E-state index in [1.54, 1.807) is 0 Å². The van der Waals surface area contributed by atoms with Crippen molar-refractivity contribution in [2.75, 3.05) is 4.90 Å². The molecule has 6 rings (SSSR count). The highest BCUT2D eigenvalue weighted by atomic mass is 35.5. The number of nitrogens with zero attached hydrogens (tertiary/aromatic N) is 1. The third-order valence-corrected chi connectivity index (χ3v) is 7.32. The SMILES string of the molecule is Clc1ccc(N(c2ccc(-c3ccccc3)cc2)c2ccc3c(c2)sc2ccccc23)cc1. The molecule has 0 N–H and O–H groups in total. The van der Waals surface area contributed by atoms with Crippen LogP contribution in [0.1, 0.15) is 0 Å². The molecule has 0 amide bonds. The maximum atomic E-state index is 6.20. The quantitative estimate of drug-likeness (QED) is 0.252. The van der Waals surface area contributed by atoms with Gasteiger partial charge in [0.2, 0.25) is 0 Å². The fourth-order valence-corrected chi connectivity index (χ4v) is 5.59. The van der Waals surface area contributed by atoms with Crippen molar-refractivity contribution in [3.05, 3.63) is 126 Å². The first kappa shape index (κ1) is 20.0. The second-order valence-electron chi connectivity index (χ2n) is 8.00. The van der Waals surface area contributed by atoms with Gasteiger partial charge in [-0.3, -0.25) is 0 Å². The van der Waals surface area contributed by atoms with Crippen molar-refractivity contribution < 1.29 is 0 Å². The molecule has 0 atom stereocenters. The van der Waals surface area contributed by atoms with Crippen LogP contribution in [0, 0.1) is 0 Å². The Balaban J connectivity index is 1.48. The number of hydrogen-bond donors (Lipinski definition) is 0. The fourth-order valence-electron chi connectivity index (χ4n) is 4.32. The molecule has 0 aliphatic carbocycles. The Morgan fingerprint density at radius 3 is 1.82 bits per heavy atom. The molecule has 5 aromatic carbocycles. The Morgan fingerprint density at radius 1 is 0.485 bits per heavy atom. The minimum Gasteiger partial charge on any atom is -0.310 e. The number of benzene rings is 5. The summed E-state index contributed by atoms with van der Waals surface area (Å²) in [7, 11) is 0. The van der Waals surface area contributed by atoms with Gasteiger partial charge < -0.3 is 4.90 Å². The molecule has 158 valence electrons. The lowest BCUT2D eigenvalue weighted by Crippen LogP contribution is -2.09. The normalized spacial score (nSPS) is 11.2. The van der Waals surface area contributed by atoms with Gasteiger partial charge in [0.1, 0.15) is 0 Å². The van der Waals surface area contributed by atoms with E-state index in [9.17, 15) is 0 Å². The minimum atomic E-state index is 0.734. The first-order valence-corrected chi connectivity index (χ1v) is 12.1. The summed E-state index contributed by atoms with van der Waals surface area (Å²) < 4.78 is 2.60. The Bertz CT molecular complexity index is 1550. The molecule has 3 heteroatoms. The second-order valence-corrected chi connectivity index (χ2v) is 9.52. The molecule has 0 aliphatic heterocycles. The van der Waals surface area contributed by atoms with Crippen molar-refractivity contribution in [3.8, 4) is 11.1 Å². The van der Waals surface area contributed by atoms with Gasteiger partial charge in [0.25, 0.3) is 0 Å². The molecule has 0 radical (unpaired) electrons. The zero-order valence-corrected chi connectivity index (χ0v) is 19.4. The standard InChI is InChI=1S/C30H20ClNS/c31-23-12-16-25(17-13-23)32(24-14-10-22(11-15-24)21-6-2-1-3-7-21)26-18-19-28-27-8-4-5-9-29(27)33-30(28)20-26/h1-20H. The van der Waals surface area contributed by atoms with E-state index in [0.29, 0.717) is 0 Å². The van der Waals surface area contributed by atoms with Gasteiger partial charge in [-0.2, -0.15) is 0 Å². The van der Waals surface area contributed by atoms with Gasteiger partial charge in [0.15, 0.2) is 0 Å². The predicted molar refractivity (Wildman–Crippen MR) is 144 cm³/mol. The largest absolute Gasteiger partial charge is 0.310 e. The highest BCUT2D eigenvalue weighted by Gasteiger charge is 2.15. The summed E-state index contributed by atoms with van der Waals surface area (Å²) in [6, 6.07) is 42.6. The smallest absolute Gasteiger partial charge is 0.0476 e. The summed E-state index contributed by atoms with van der Waals surface area (Å²) in [5.74, 6) is 0. The van der Waals surface area contributed by atoms with Crippen LogP contribution in [0.25, 0.3) is 31.3 Å². The number of thiophene rings is 1. The van der Waals surface area contributed by atoms with Gasteiger partial charge in [-0.1, -0.05) is 78.3 Å². The minimum absolute atomic E-state index is 0.734. The zero-order chi connectivity index (χ0) is 22.2. The lowest BCUT2D eigenvalue weighted by Gasteiger charge is -2.26. The van der Waals surface area contributed by atoms with E-state index in [4.69, 9.17) is 11.6 Å². The van der Waals surface area contributed by atoms with Crippen LogP contribution in [0.2, 0.25) is 5.02 Å². The van der Waals surface area contributed by atoms with Crippen molar-refractivity contribution in [2.45, 2.75) is 0 Å². The first-order chi connectivity index (χ1) is 16.3. The Hall–Kier alpha value is -3.59. The summed E-state index contributed by atoms with van der Waals surface area (Å²) in [4.78, 5) is 2.29. The maximum Gasteiger partial charge on any atom is 0.0476 e. The van der Waals surface area contributed by atoms with Crippen molar-refractivity contribution in [3.63, 3.8) is 0 Å². The van der Waals surface area contributed by atoms with Crippen molar-refractivity contribution in [1.29, 1.82) is 0 Å². The van der Waals surface area contributed by atoms with Gasteiger partial charge in [-0.15, -0.1) is 11.3 Å². The number of rotatable bonds is 4. The molecule has 6 aromatic rings. The Kier molecular flexibility index (Phi) is 5.10. The van der Waals surface area contributed by atoms with Crippen LogP contribution in [0.15, 0.2) is 121 Å². The van der Waals surface area contributed by atoms with E-state index < -0.39 is 0 Å². The molecule has 0 bridgehead atoms. The van der Waals surface area contributed by atoms with E-state index in [0.717, 1.165) is 22.1 Å². The van der Waals surface area contributed by atoms with Gasteiger partial charge in [-0.05, 0) is 65.7 Å². The molecule has 1 nitrogen and oxygen atoms in total. The molecular formula is C30H20ClNS. The zero-order valence-electron chi connectivity index (χ0n) is 17.8. The van der Waals surface area contributed by atoms with E-state index >= 15 is 0 Å². The first-order valence-electron chi connectivity index (χ1n) is 10.9. The highest BCUT2D eigenvalue weighted by Crippen LogP contribution is 2.41. The number of fused-ring (bicyclic) bond motifs is 3. The monoisotopic (exact) mass is 461 g/mol. The van der Waals surface area contributed by atoms with E-state index in [2.05, 4.69) is 108 Å². The molecule has 1 aromatic heterocycles. The summed E-state index contributed by atoms with van der Waals surface area (Å²) in [5.41, 5.74) is 5.73. The number of halogens is 1. The Labute approximate surface area is 202 Å². The fraction of sp³-hybridized carbons (Fsp3) is 0. The van der Waals surface area contributed by atoms with E-state index in [1.165, 1.54) is 31.3 Å². The molecule has 0 spiro atoms. The van der Waals surface area contributed by atoms with Gasteiger partial charge in [-0.25, -0.2) is 0 Å². The highest BCUT2D eigenvalue weighted by molar-refractivity contribution is 7.25. The summed E-state index contributed by atoms with van der Waals surface area (Å²) >= 11 is 8.04. The molecule has 33 heavy (non-hydrogen) atoms. The molecule has 0 fully saturated rings. The van der Waals surface area contributed by atoms with Crippen molar-refractivity contribution in [2.24, 2.45) is 0 Å². The lowest BCUT2D eigenvalue weighted by molar-refractivity contribution is 1.29. The van der Waals surface area contributed by atoms with Crippen LogP contribution in [0.5, 0.6) is 0 Å².